The summed E-state index contributed by atoms with van der Waals surface area (Å²) < 4.78 is 44.6. The summed E-state index contributed by atoms with van der Waals surface area (Å²) in [5.74, 6) is -4.62. The van der Waals surface area contributed by atoms with Gasteiger partial charge in [-0.25, -0.2) is 0 Å². The Labute approximate surface area is 205 Å². The minimum Gasteiger partial charge on any atom is -0.487 e. The van der Waals surface area contributed by atoms with Crippen molar-refractivity contribution in [2.75, 3.05) is 6.61 Å². The van der Waals surface area contributed by atoms with Gasteiger partial charge in [0.25, 0.3) is 5.92 Å². The topological polar surface area (TPSA) is 82.1 Å². The van der Waals surface area contributed by atoms with E-state index in [4.69, 9.17) is 14.2 Å². The van der Waals surface area contributed by atoms with Crippen molar-refractivity contribution in [3.63, 3.8) is 0 Å². The molecule has 0 unspecified atom stereocenters. The Hall–Kier alpha value is -2.74. The Morgan fingerprint density at radius 3 is 2.57 bits per heavy atom. The van der Waals surface area contributed by atoms with Crippen molar-refractivity contribution in [1.29, 1.82) is 0 Å². The third-order valence-electron chi connectivity index (χ3n) is 5.64. The van der Waals surface area contributed by atoms with Crippen LogP contribution < -0.4 is 4.74 Å². The summed E-state index contributed by atoms with van der Waals surface area (Å²) in [6.45, 7) is 4.02. The first-order chi connectivity index (χ1) is 16.6. The average molecular weight is 495 g/mol. The predicted molar refractivity (Wildman–Crippen MR) is 128 cm³/mol. The summed E-state index contributed by atoms with van der Waals surface area (Å²) in [5, 5.41) is 10.6. The molecule has 1 aliphatic carbocycles. The standard InChI is InChI=1S/C27H36F2O6/c1-19(2)34-26(32)14-10-5-4-9-13-22-23(25(17-24(22)31)35-20(3)30)15-16-27(28,29)18-33-21-11-7-6-8-12-21/h4,6-9,11-12,15-16,19,22-25,31H,5,10,13-14,17-18H2,1-3H3/b9-4-,16-15+/t22-,23-,24+,25-/m1/s1. The highest BCUT2D eigenvalue weighted by molar-refractivity contribution is 5.69. The number of para-hydroxylation sites is 1. The fourth-order valence-electron chi connectivity index (χ4n) is 4.08. The average Bonchev–Trinajstić information content (AvgIpc) is 3.07. The number of carbonyl (C=O) groups is 2. The fourth-order valence-corrected chi connectivity index (χ4v) is 4.08. The van der Waals surface area contributed by atoms with Crippen LogP contribution in [-0.4, -0.2) is 47.9 Å². The molecule has 6 nitrogen and oxygen atoms in total. The zero-order valence-corrected chi connectivity index (χ0v) is 20.6. The minimum absolute atomic E-state index is 0.144. The zero-order chi connectivity index (χ0) is 25.8. The highest BCUT2D eigenvalue weighted by Gasteiger charge is 2.43. The molecule has 2 rings (SSSR count). The predicted octanol–water partition coefficient (Wildman–Crippen LogP) is 5.25. The van der Waals surface area contributed by atoms with Gasteiger partial charge in [0.05, 0.1) is 12.2 Å². The molecule has 8 heteroatoms. The second-order valence-corrected chi connectivity index (χ2v) is 9.05. The molecule has 0 spiro atoms. The quantitative estimate of drug-likeness (QED) is 0.229. The number of rotatable bonds is 13. The highest BCUT2D eigenvalue weighted by Crippen LogP contribution is 2.39. The van der Waals surface area contributed by atoms with Gasteiger partial charge >= 0.3 is 11.9 Å². The van der Waals surface area contributed by atoms with Gasteiger partial charge in [0.1, 0.15) is 11.9 Å². The monoisotopic (exact) mass is 494 g/mol. The van der Waals surface area contributed by atoms with Crippen LogP contribution >= 0.6 is 0 Å². The molecule has 1 saturated carbocycles. The van der Waals surface area contributed by atoms with E-state index in [2.05, 4.69) is 0 Å². The number of esters is 2. The number of hydrogen-bond acceptors (Lipinski definition) is 6. The maximum Gasteiger partial charge on any atom is 0.306 e. The lowest BCUT2D eigenvalue weighted by Crippen LogP contribution is -2.26. The molecule has 0 saturated heterocycles. The van der Waals surface area contributed by atoms with Gasteiger partial charge in [-0.3, -0.25) is 9.59 Å². The number of carbonyl (C=O) groups excluding carboxylic acids is 2. The normalized spacial score (nSPS) is 22.7. The van der Waals surface area contributed by atoms with Crippen molar-refractivity contribution >= 4 is 11.9 Å². The van der Waals surface area contributed by atoms with E-state index in [1.165, 1.54) is 13.0 Å². The van der Waals surface area contributed by atoms with Gasteiger partial charge in [0.15, 0.2) is 6.61 Å². The molecule has 0 radical (unpaired) electrons. The highest BCUT2D eigenvalue weighted by atomic mass is 19.3. The van der Waals surface area contributed by atoms with Gasteiger partial charge in [-0.15, -0.1) is 0 Å². The maximum absolute atomic E-state index is 14.5. The number of ether oxygens (including phenoxy) is 3. The van der Waals surface area contributed by atoms with Crippen molar-refractivity contribution < 1.29 is 37.7 Å². The van der Waals surface area contributed by atoms with Crippen LogP contribution in [0, 0.1) is 11.8 Å². The van der Waals surface area contributed by atoms with Crippen molar-refractivity contribution in [2.24, 2.45) is 11.8 Å². The Morgan fingerprint density at radius 2 is 1.91 bits per heavy atom. The molecule has 35 heavy (non-hydrogen) atoms. The lowest BCUT2D eigenvalue weighted by atomic mass is 9.89. The number of allylic oxidation sites excluding steroid dienone is 2. The van der Waals surface area contributed by atoms with Gasteiger partial charge in [0, 0.05) is 25.7 Å². The Bertz CT molecular complexity index is 852. The Morgan fingerprint density at radius 1 is 1.20 bits per heavy atom. The zero-order valence-electron chi connectivity index (χ0n) is 20.6. The van der Waals surface area contributed by atoms with Crippen LogP contribution in [0.3, 0.4) is 0 Å². The molecule has 4 atom stereocenters. The summed E-state index contributed by atoms with van der Waals surface area (Å²) in [6, 6.07) is 8.35. The molecule has 0 aromatic heterocycles. The van der Waals surface area contributed by atoms with E-state index in [1.807, 2.05) is 12.2 Å². The van der Waals surface area contributed by atoms with Crippen LogP contribution in [-0.2, 0) is 19.1 Å². The number of alkyl halides is 2. The van der Waals surface area contributed by atoms with Gasteiger partial charge in [-0.1, -0.05) is 36.4 Å². The molecule has 0 aliphatic heterocycles. The molecule has 194 valence electrons. The second kappa shape index (κ2) is 14.0. The van der Waals surface area contributed by atoms with Crippen molar-refractivity contribution in [3.8, 4) is 5.75 Å². The lowest BCUT2D eigenvalue weighted by Gasteiger charge is -2.22. The van der Waals surface area contributed by atoms with Gasteiger partial charge in [-0.05, 0) is 57.2 Å². The van der Waals surface area contributed by atoms with Crippen LogP contribution in [0.4, 0.5) is 8.78 Å². The van der Waals surface area contributed by atoms with Crippen molar-refractivity contribution in [3.05, 3.63) is 54.6 Å². The first-order valence-electron chi connectivity index (χ1n) is 12.0. The van der Waals surface area contributed by atoms with Gasteiger partial charge < -0.3 is 19.3 Å². The first-order valence-corrected chi connectivity index (χ1v) is 12.0. The number of hydrogen-bond donors (Lipinski definition) is 1. The number of halogens is 2. The summed E-state index contributed by atoms with van der Waals surface area (Å²) in [5.41, 5.74) is 0. The Kier molecular flexibility index (Phi) is 11.4. The van der Waals surface area contributed by atoms with Crippen LogP contribution in [0.5, 0.6) is 5.75 Å². The van der Waals surface area contributed by atoms with E-state index in [-0.39, 0.29) is 24.4 Å². The van der Waals surface area contributed by atoms with Crippen molar-refractivity contribution in [1.82, 2.24) is 0 Å². The third-order valence-corrected chi connectivity index (χ3v) is 5.64. The van der Waals surface area contributed by atoms with E-state index in [0.29, 0.717) is 31.4 Å². The van der Waals surface area contributed by atoms with E-state index in [0.717, 1.165) is 6.08 Å². The number of benzene rings is 1. The summed E-state index contributed by atoms with van der Waals surface area (Å²) in [4.78, 5) is 23.1. The van der Waals surface area contributed by atoms with Crippen LogP contribution in [0.1, 0.15) is 52.9 Å². The molecule has 0 heterocycles. The molecular formula is C27H36F2O6. The second-order valence-electron chi connectivity index (χ2n) is 9.05. The number of unbranched alkanes of at least 4 members (excludes halogenated alkanes) is 1. The van der Waals surface area contributed by atoms with E-state index < -0.39 is 36.6 Å². The van der Waals surface area contributed by atoms with E-state index in [9.17, 15) is 23.5 Å². The molecule has 1 aromatic rings. The summed E-state index contributed by atoms with van der Waals surface area (Å²) in [7, 11) is 0. The molecule has 0 amide bonds. The van der Waals surface area contributed by atoms with Gasteiger partial charge in [-0.2, -0.15) is 8.78 Å². The fraction of sp³-hybridized carbons (Fsp3) is 0.556. The molecular weight excluding hydrogens is 458 g/mol. The minimum atomic E-state index is -3.24. The molecule has 1 aromatic carbocycles. The van der Waals surface area contributed by atoms with Gasteiger partial charge in [0.2, 0.25) is 0 Å². The largest absolute Gasteiger partial charge is 0.487 e. The number of aliphatic hydroxyl groups is 1. The molecule has 1 N–H and O–H groups in total. The lowest BCUT2D eigenvalue weighted by molar-refractivity contribution is -0.148. The van der Waals surface area contributed by atoms with E-state index in [1.54, 1.807) is 44.2 Å². The van der Waals surface area contributed by atoms with Crippen LogP contribution in [0.15, 0.2) is 54.6 Å². The maximum atomic E-state index is 14.5. The Balaban J connectivity index is 1.96. The number of aliphatic hydroxyl groups excluding tert-OH is 1. The van der Waals surface area contributed by atoms with Crippen molar-refractivity contribution in [2.45, 2.75) is 77.1 Å². The smallest absolute Gasteiger partial charge is 0.306 e. The molecule has 0 bridgehead atoms. The molecule has 1 fully saturated rings. The summed E-state index contributed by atoms with van der Waals surface area (Å²) >= 11 is 0. The van der Waals surface area contributed by atoms with E-state index >= 15 is 0 Å². The molecule has 1 aliphatic rings. The van der Waals surface area contributed by atoms with Crippen LogP contribution in [0.2, 0.25) is 0 Å². The van der Waals surface area contributed by atoms with Crippen LogP contribution in [0.25, 0.3) is 0 Å². The first kappa shape index (κ1) is 28.5. The SMILES string of the molecule is CC(=O)O[C@@H]1C[C@H](O)[C@H](C/C=C\CCCC(=O)OC(C)C)[C@H]1/C=C/C(F)(F)COc1ccccc1. The summed E-state index contributed by atoms with van der Waals surface area (Å²) in [6.07, 6.45) is 6.45. The third kappa shape index (κ3) is 10.6.